The number of nitrogens with one attached hydrogen (secondary N) is 1. The molecule has 0 aromatic rings. The first-order chi connectivity index (χ1) is 8.84. The molecular weight excluding hydrogens is 242 g/mol. The molecule has 0 aromatic carbocycles. The first-order valence-corrected chi connectivity index (χ1v) is 7.11. The minimum atomic E-state index is -0.0575. The minimum Gasteiger partial charge on any atom is -0.396 e. The predicted octanol–water partition coefficient (Wildman–Crippen LogP) is 0.147. The first-order valence-electron chi connectivity index (χ1n) is 7.11. The molecule has 0 atom stereocenters. The van der Waals surface area contributed by atoms with E-state index in [-0.39, 0.29) is 17.9 Å². The number of likely N-dealkylation sites (tertiary alicyclic amines) is 1. The molecule has 112 valence electrons. The van der Waals surface area contributed by atoms with Gasteiger partial charge in [0, 0.05) is 51.8 Å². The second-order valence-corrected chi connectivity index (χ2v) is 6.54. The molecule has 0 radical (unpaired) electrons. The van der Waals surface area contributed by atoms with Crippen LogP contribution in [0.1, 0.15) is 26.7 Å². The lowest BCUT2D eigenvalue weighted by molar-refractivity contribution is -0.130. The number of carbonyl (C=O) groups excluding carboxylic acids is 1. The van der Waals surface area contributed by atoms with E-state index < -0.39 is 0 Å². The number of hydrogen-bond acceptors (Lipinski definition) is 4. The lowest BCUT2D eigenvalue weighted by Crippen LogP contribution is -2.47. The van der Waals surface area contributed by atoms with Crippen LogP contribution in [-0.2, 0) is 4.79 Å². The third-order valence-electron chi connectivity index (χ3n) is 3.74. The van der Waals surface area contributed by atoms with E-state index in [4.69, 9.17) is 0 Å². The predicted molar refractivity (Wildman–Crippen MR) is 77.0 cm³/mol. The van der Waals surface area contributed by atoms with Gasteiger partial charge in [0.15, 0.2) is 0 Å². The largest absolute Gasteiger partial charge is 0.396 e. The molecule has 0 unspecified atom stereocenters. The van der Waals surface area contributed by atoms with Gasteiger partial charge >= 0.3 is 0 Å². The molecule has 0 spiro atoms. The van der Waals surface area contributed by atoms with Crippen LogP contribution in [0.4, 0.5) is 0 Å². The summed E-state index contributed by atoms with van der Waals surface area (Å²) >= 11 is 0. The van der Waals surface area contributed by atoms with Gasteiger partial charge in [-0.2, -0.15) is 0 Å². The first kappa shape index (κ1) is 16.4. The summed E-state index contributed by atoms with van der Waals surface area (Å²) in [6.07, 6.45) is 2.14. The summed E-state index contributed by atoms with van der Waals surface area (Å²) in [5.74, 6) is 0.174. The van der Waals surface area contributed by atoms with Crippen molar-refractivity contribution in [3.63, 3.8) is 0 Å². The van der Waals surface area contributed by atoms with Crippen molar-refractivity contribution in [1.82, 2.24) is 15.1 Å². The van der Waals surface area contributed by atoms with Crippen molar-refractivity contribution in [2.24, 2.45) is 5.41 Å². The molecule has 1 heterocycles. The Kier molecular flexibility index (Phi) is 6.23. The van der Waals surface area contributed by atoms with Crippen LogP contribution in [0.25, 0.3) is 0 Å². The topological polar surface area (TPSA) is 55.8 Å². The summed E-state index contributed by atoms with van der Waals surface area (Å²) in [5, 5.41) is 12.8. The third-order valence-corrected chi connectivity index (χ3v) is 3.74. The average molecular weight is 271 g/mol. The zero-order valence-electron chi connectivity index (χ0n) is 12.8. The Morgan fingerprint density at radius 1 is 1.37 bits per heavy atom. The molecule has 5 nitrogen and oxygen atoms in total. The second-order valence-electron chi connectivity index (χ2n) is 6.54. The van der Waals surface area contributed by atoms with E-state index in [9.17, 15) is 9.90 Å². The van der Waals surface area contributed by atoms with Crippen molar-refractivity contribution in [2.75, 3.05) is 46.9 Å². The van der Waals surface area contributed by atoms with E-state index in [1.807, 2.05) is 0 Å². The van der Waals surface area contributed by atoms with Crippen molar-refractivity contribution in [3.05, 3.63) is 0 Å². The number of hydrogen-bond donors (Lipinski definition) is 2. The Hall–Kier alpha value is -0.650. The minimum absolute atomic E-state index is 0.0575. The van der Waals surface area contributed by atoms with Crippen molar-refractivity contribution >= 4 is 5.91 Å². The Labute approximate surface area is 117 Å². The molecular formula is C14H29N3O2. The molecule has 1 rings (SSSR count). The fourth-order valence-electron chi connectivity index (χ4n) is 2.10. The standard InChI is InChI=1S/C14H29N3O2/c1-14(2,11-18)10-15-12-5-7-17(8-6-12)9-13(19)16(3)4/h12,15,18H,5-11H2,1-4H3. The molecule has 1 aliphatic heterocycles. The van der Waals surface area contributed by atoms with Crippen molar-refractivity contribution in [2.45, 2.75) is 32.7 Å². The van der Waals surface area contributed by atoms with E-state index >= 15 is 0 Å². The highest BCUT2D eigenvalue weighted by molar-refractivity contribution is 5.77. The summed E-state index contributed by atoms with van der Waals surface area (Å²) in [5.41, 5.74) is -0.0575. The summed E-state index contributed by atoms with van der Waals surface area (Å²) in [6.45, 7) is 7.63. The number of aliphatic hydroxyl groups excluding tert-OH is 1. The molecule has 1 fully saturated rings. The number of amides is 1. The van der Waals surface area contributed by atoms with Crippen LogP contribution < -0.4 is 5.32 Å². The highest BCUT2D eigenvalue weighted by Crippen LogP contribution is 2.15. The van der Waals surface area contributed by atoms with Gasteiger partial charge in [0.25, 0.3) is 0 Å². The fraction of sp³-hybridized carbons (Fsp3) is 0.929. The number of piperidine rings is 1. The molecule has 1 saturated heterocycles. The maximum Gasteiger partial charge on any atom is 0.236 e. The lowest BCUT2D eigenvalue weighted by Gasteiger charge is -2.34. The van der Waals surface area contributed by atoms with Crippen molar-refractivity contribution in [3.8, 4) is 0 Å². The van der Waals surface area contributed by atoms with Gasteiger partial charge in [-0.25, -0.2) is 0 Å². The van der Waals surface area contributed by atoms with E-state index in [2.05, 4.69) is 24.1 Å². The van der Waals surface area contributed by atoms with Gasteiger partial charge in [0.2, 0.25) is 5.91 Å². The van der Waals surface area contributed by atoms with Crippen LogP contribution in [0.5, 0.6) is 0 Å². The van der Waals surface area contributed by atoms with Crippen LogP contribution in [0.2, 0.25) is 0 Å². The molecule has 1 amide bonds. The Balaban J connectivity index is 2.24. The van der Waals surface area contributed by atoms with E-state index in [1.54, 1.807) is 19.0 Å². The molecule has 0 aliphatic carbocycles. The molecule has 1 aliphatic rings. The molecule has 2 N–H and O–H groups in total. The van der Waals surface area contributed by atoms with Gasteiger partial charge in [-0.05, 0) is 12.8 Å². The average Bonchev–Trinajstić information content (AvgIpc) is 2.38. The Morgan fingerprint density at radius 3 is 2.42 bits per heavy atom. The van der Waals surface area contributed by atoms with Gasteiger partial charge in [-0.3, -0.25) is 9.69 Å². The number of likely N-dealkylation sites (N-methyl/N-ethyl adjacent to an activating group) is 1. The number of carbonyl (C=O) groups is 1. The fourth-order valence-corrected chi connectivity index (χ4v) is 2.10. The number of nitrogens with zero attached hydrogens (tertiary/aromatic N) is 2. The van der Waals surface area contributed by atoms with Crippen LogP contribution in [0.3, 0.4) is 0 Å². The quantitative estimate of drug-likeness (QED) is 0.722. The maximum atomic E-state index is 11.6. The zero-order chi connectivity index (χ0) is 14.5. The molecule has 19 heavy (non-hydrogen) atoms. The molecule has 0 aromatic heterocycles. The van der Waals surface area contributed by atoms with Crippen LogP contribution in [-0.4, -0.2) is 73.7 Å². The Bertz CT molecular complexity index is 284. The molecule has 0 saturated carbocycles. The van der Waals surface area contributed by atoms with Crippen molar-refractivity contribution in [1.29, 1.82) is 0 Å². The summed E-state index contributed by atoms with van der Waals surface area (Å²) < 4.78 is 0. The van der Waals surface area contributed by atoms with E-state index in [0.29, 0.717) is 12.6 Å². The second kappa shape index (κ2) is 7.22. The monoisotopic (exact) mass is 271 g/mol. The lowest BCUT2D eigenvalue weighted by atomic mass is 9.93. The summed E-state index contributed by atoms with van der Waals surface area (Å²) in [7, 11) is 3.60. The van der Waals surface area contributed by atoms with Crippen LogP contribution >= 0.6 is 0 Å². The third kappa shape index (κ3) is 5.89. The van der Waals surface area contributed by atoms with Gasteiger partial charge in [-0.15, -0.1) is 0 Å². The summed E-state index contributed by atoms with van der Waals surface area (Å²) in [6, 6.07) is 0.511. The van der Waals surface area contributed by atoms with Gasteiger partial charge in [0.1, 0.15) is 0 Å². The highest BCUT2D eigenvalue weighted by atomic mass is 16.3. The Morgan fingerprint density at radius 2 is 1.95 bits per heavy atom. The normalized spacial score (nSPS) is 18.6. The summed E-state index contributed by atoms with van der Waals surface area (Å²) in [4.78, 5) is 15.5. The van der Waals surface area contributed by atoms with Gasteiger partial charge in [-0.1, -0.05) is 13.8 Å². The van der Waals surface area contributed by atoms with Gasteiger partial charge < -0.3 is 15.3 Å². The maximum absolute atomic E-state index is 11.6. The number of aliphatic hydroxyl groups is 1. The van der Waals surface area contributed by atoms with Crippen molar-refractivity contribution < 1.29 is 9.90 Å². The van der Waals surface area contributed by atoms with E-state index in [0.717, 1.165) is 32.5 Å². The molecule has 5 heteroatoms. The molecule has 0 bridgehead atoms. The van der Waals surface area contributed by atoms with Crippen LogP contribution in [0, 0.1) is 5.41 Å². The van der Waals surface area contributed by atoms with E-state index in [1.165, 1.54) is 0 Å². The van der Waals surface area contributed by atoms with Gasteiger partial charge in [0.05, 0.1) is 6.54 Å². The highest BCUT2D eigenvalue weighted by Gasteiger charge is 2.23. The SMILES string of the molecule is CN(C)C(=O)CN1CCC(NCC(C)(C)CO)CC1. The number of rotatable bonds is 6. The smallest absolute Gasteiger partial charge is 0.236 e. The zero-order valence-corrected chi connectivity index (χ0v) is 12.8. The van der Waals surface area contributed by atoms with Crippen LogP contribution in [0.15, 0.2) is 0 Å².